The van der Waals surface area contributed by atoms with E-state index in [0.717, 1.165) is 25.7 Å². The Hall–Kier alpha value is -0.570. The maximum absolute atomic E-state index is 11.3. The van der Waals surface area contributed by atoms with Crippen molar-refractivity contribution in [1.82, 2.24) is 0 Å². The highest BCUT2D eigenvalue weighted by Gasteiger charge is 2.13. The van der Waals surface area contributed by atoms with E-state index in [4.69, 9.17) is 4.74 Å². The molecule has 0 bridgehead atoms. The molecule has 0 saturated carbocycles. The van der Waals surface area contributed by atoms with Gasteiger partial charge in [-0.15, -0.1) is 0 Å². The molecule has 0 aliphatic rings. The molecule has 0 heterocycles. The molecule has 0 aromatic rings. The first kappa shape index (κ1) is 14.4. The van der Waals surface area contributed by atoms with Crippen LogP contribution in [-0.2, 0) is 9.53 Å². The van der Waals surface area contributed by atoms with E-state index < -0.39 is 6.10 Å². The summed E-state index contributed by atoms with van der Waals surface area (Å²) in [6.45, 7) is 6.00. The minimum Gasteiger partial charge on any atom is -0.463 e. The molecule has 2 atom stereocenters. The van der Waals surface area contributed by atoms with E-state index >= 15 is 0 Å². The lowest BCUT2D eigenvalue weighted by molar-refractivity contribution is -0.150. The van der Waals surface area contributed by atoms with Gasteiger partial charge in [-0.2, -0.15) is 0 Å². The maximum Gasteiger partial charge on any atom is 0.308 e. The molecule has 90 valence electrons. The lowest BCUT2D eigenvalue weighted by atomic mass is 10.1. The molecule has 0 amide bonds. The Morgan fingerprint density at radius 2 is 1.93 bits per heavy atom. The fourth-order valence-electron chi connectivity index (χ4n) is 1.45. The lowest BCUT2D eigenvalue weighted by Gasteiger charge is -2.14. The third-order valence-corrected chi connectivity index (χ3v) is 2.32. The van der Waals surface area contributed by atoms with Gasteiger partial charge in [0.25, 0.3) is 0 Å². The Labute approximate surface area is 92.8 Å². The first-order chi connectivity index (χ1) is 7.10. The molecule has 0 saturated heterocycles. The summed E-state index contributed by atoms with van der Waals surface area (Å²) in [4.78, 5) is 11.3. The molecule has 0 aliphatic heterocycles. The fraction of sp³-hybridized carbons (Fsp3) is 0.917. The monoisotopic (exact) mass is 216 g/mol. The quantitative estimate of drug-likeness (QED) is 0.634. The van der Waals surface area contributed by atoms with E-state index in [-0.39, 0.29) is 18.5 Å². The molecular weight excluding hydrogens is 192 g/mol. The molecule has 0 spiro atoms. The van der Waals surface area contributed by atoms with Crippen LogP contribution in [0.1, 0.15) is 59.3 Å². The topological polar surface area (TPSA) is 46.5 Å². The van der Waals surface area contributed by atoms with Crippen molar-refractivity contribution in [3.8, 4) is 0 Å². The van der Waals surface area contributed by atoms with Gasteiger partial charge in [-0.3, -0.25) is 4.79 Å². The largest absolute Gasteiger partial charge is 0.463 e. The predicted octanol–water partition coefficient (Wildman–Crippen LogP) is 2.66. The van der Waals surface area contributed by atoms with Crippen molar-refractivity contribution in [3.05, 3.63) is 0 Å². The van der Waals surface area contributed by atoms with Gasteiger partial charge in [0.2, 0.25) is 0 Å². The van der Waals surface area contributed by atoms with Gasteiger partial charge in [-0.05, 0) is 19.8 Å². The Morgan fingerprint density at radius 1 is 1.27 bits per heavy atom. The Kier molecular flexibility index (Phi) is 8.38. The summed E-state index contributed by atoms with van der Waals surface area (Å²) in [6, 6.07) is 0. The van der Waals surface area contributed by atoms with E-state index in [9.17, 15) is 9.90 Å². The van der Waals surface area contributed by atoms with Crippen LogP contribution in [0.15, 0.2) is 0 Å². The summed E-state index contributed by atoms with van der Waals surface area (Å²) in [5.41, 5.74) is 0. The van der Waals surface area contributed by atoms with E-state index in [1.807, 2.05) is 13.8 Å². The lowest BCUT2D eigenvalue weighted by Crippen LogP contribution is -2.20. The van der Waals surface area contributed by atoms with Gasteiger partial charge in [0, 0.05) is 0 Å². The van der Waals surface area contributed by atoms with Crippen molar-refractivity contribution < 1.29 is 14.6 Å². The summed E-state index contributed by atoms with van der Waals surface area (Å²) in [5.74, 6) is -0.278. The average Bonchev–Trinajstić information content (AvgIpc) is 2.14. The average molecular weight is 216 g/mol. The first-order valence-corrected chi connectivity index (χ1v) is 5.97. The molecule has 3 nitrogen and oxygen atoms in total. The zero-order valence-corrected chi connectivity index (χ0v) is 10.2. The molecule has 1 N–H and O–H groups in total. The third kappa shape index (κ3) is 8.43. The molecule has 0 aromatic carbocycles. The van der Waals surface area contributed by atoms with Gasteiger partial charge in [0.05, 0.1) is 18.6 Å². The van der Waals surface area contributed by atoms with Crippen molar-refractivity contribution in [2.24, 2.45) is 0 Å². The highest BCUT2D eigenvalue weighted by molar-refractivity contribution is 5.70. The smallest absolute Gasteiger partial charge is 0.308 e. The summed E-state index contributed by atoms with van der Waals surface area (Å²) < 4.78 is 5.17. The molecule has 0 aromatic heterocycles. The third-order valence-electron chi connectivity index (χ3n) is 2.32. The standard InChI is InChI=1S/C12H24O3/c1-4-6-8-10(3)15-12(14)9-11(13)7-5-2/h10-11,13H,4-9H2,1-3H3. The van der Waals surface area contributed by atoms with Crippen LogP contribution in [-0.4, -0.2) is 23.3 Å². The van der Waals surface area contributed by atoms with E-state index in [1.165, 1.54) is 0 Å². The molecule has 2 unspecified atom stereocenters. The van der Waals surface area contributed by atoms with Gasteiger partial charge in [-0.1, -0.05) is 33.1 Å². The summed E-state index contributed by atoms with van der Waals surface area (Å²) in [6.07, 6.45) is 4.22. The van der Waals surface area contributed by atoms with Gasteiger partial charge in [-0.25, -0.2) is 0 Å². The minimum atomic E-state index is -0.541. The van der Waals surface area contributed by atoms with Crippen molar-refractivity contribution in [1.29, 1.82) is 0 Å². The molecular formula is C12H24O3. The second-order valence-corrected chi connectivity index (χ2v) is 4.09. The number of hydrogen-bond acceptors (Lipinski definition) is 3. The van der Waals surface area contributed by atoms with Crippen LogP contribution in [0, 0.1) is 0 Å². The van der Waals surface area contributed by atoms with Crippen LogP contribution < -0.4 is 0 Å². The normalized spacial score (nSPS) is 14.7. The molecule has 15 heavy (non-hydrogen) atoms. The Bertz CT molecular complexity index is 168. The number of aliphatic hydroxyl groups is 1. The SMILES string of the molecule is CCCCC(C)OC(=O)CC(O)CCC. The van der Waals surface area contributed by atoms with Crippen molar-refractivity contribution in [3.63, 3.8) is 0 Å². The summed E-state index contributed by atoms with van der Waals surface area (Å²) >= 11 is 0. The minimum absolute atomic E-state index is 0.0220. The number of aliphatic hydroxyl groups excluding tert-OH is 1. The Morgan fingerprint density at radius 3 is 2.47 bits per heavy atom. The fourth-order valence-corrected chi connectivity index (χ4v) is 1.45. The number of esters is 1. The number of carbonyl (C=O) groups is 1. The Balaban J connectivity index is 3.63. The van der Waals surface area contributed by atoms with Crippen molar-refractivity contribution >= 4 is 5.97 Å². The maximum atomic E-state index is 11.3. The highest BCUT2D eigenvalue weighted by atomic mass is 16.5. The van der Waals surface area contributed by atoms with E-state index in [1.54, 1.807) is 0 Å². The molecule has 0 rings (SSSR count). The van der Waals surface area contributed by atoms with E-state index in [2.05, 4.69) is 6.92 Å². The molecule has 0 fully saturated rings. The van der Waals surface area contributed by atoms with Gasteiger partial charge in [0.15, 0.2) is 0 Å². The van der Waals surface area contributed by atoms with Crippen LogP contribution in [0.2, 0.25) is 0 Å². The number of ether oxygens (including phenoxy) is 1. The number of unbranched alkanes of at least 4 members (excludes halogenated alkanes) is 1. The zero-order valence-electron chi connectivity index (χ0n) is 10.2. The van der Waals surface area contributed by atoms with Crippen LogP contribution in [0.4, 0.5) is 0 Å². The van der Waals surface area contributed by atoms with Crippen LogP contribution in [0.3, 0.4) is 0 Å². The highest BCUT2D eigenvalue weighted by Crippen LogP contribution is 2.08. The van der Waals surface area contributed by atoms with Crippen molar-refractivity contribution in [2.75, 3.05) is 0 Å². The number of hydrogen-bond donors (Lipinski definition) is 1. The van der Waals surface area contributed by atoms with Crippen LogP contribution >= 0.6 is 0 Å². The summed E-state index contributed by atoms with van der Waals surface area (Å²) in [7, 11) is 0. The second-order valence-electron chi connectivity index (χ2n) is 4.09. The van der Waals surface area contributed by atoms with Crippen LogP contribution in [0.5, 0.6) is 0 Å². The zero-order chi connectivity index (χ0) is 11.7. The number of rotatable bonds is 8. The second kappa shape index (κ2) is 8.72. The predicted molar refractivity (Wildman–Crippen MR) is 60.6 cm³/mol. The van der Waals surface area contributed by atoms with Gasteiger partial charge < -0.3 is 9.84 Å². The van der Waals surface area contributed by atoms with E-state index in [0.29, 0.717) is 6.42 Å². The molecule has 3 heteroatoms. The summed E-state index contributed by atoms with van der Waals surface area (Å²) in [5, 5.41) is 9.41. The van der Waals surface area contributed by atoms with Gasteiger partial charge in [0.1, 0.15) is 0 Å². The molecule has 0 radical (unpaired) electrons. The molecule has 0 aliphatic carbocycles. The first-order valence-electron chi connectivity index (χ1n) is 5.97. The van der Waals surface area contributed by atoms with Gasteiger partial charge >= 0.3 is 5.97 Å². The van der Waals surface area contributed by atoms with Crippen LogP contribution in [0.25, 0.3) is 0 Å². The van der Waals surface area contributed by atoms with Crippen molar-refractivity contribution in [2.45, 2.75) is 71.5 Å². The number of carbonyl (C=O) groups excluding carboxylic acids is 1.